The fourth-order valence-corrected chi connectivity index (χ4v) is 2.82. The molecule has 0 aliphatic heterocycles. The van der Waals surface area contributed by atoms with Crippen molar-refractivity contribution in [1.82, 2.24) is 4.37 Å². The predicted molar refractivity (Wildman–Crippen MR) is 77.7 cm³/mol. The van der Waals surface area contributed by atoms with Crippen molar-refractivity contribution in [2.75, 3.05) is 5.32 Å². The largest absolute Gasteiger partial charge is 0.478 e. The van der Waals surface area contributed by atoms with Crippen LogP contribution in [-0.2, 0) is 6.42 Å². The normalized spacial score (nSPS) is 10.5. The number of para-hydroxylation sites is 1. The standard InChI is InChI=1S/C14H16N2O2S/c1-4-10-7-5-6-8(2)12(10)15-13-11(14(17)18)9(3)16-19-13/h5-7,15H,4H2,1-3H3,(H,17,18). The van der Waals surface area contributed by atoms with Gasteiger partial charge in [0, 0.05) is 5.69 Å². The van der Waals surface area contributed by atoms with E-state index in [-0.39, 0.29) is 5.56 Å². The van der Waals surface area contributed by atoms with Crippen LogP contribution in [0.5, 0.6) is 0 Å². The molecule has 0 amide bonds. The van der Waals surface area contributed by atoms with E-state index in [2.05, 4.69) is 16.6 Å². The molecule has 1 aromatic carbocycles. The fraction of sp³-hybridized carbons (Fsp3) is 0.286. The second kappa shape index (κ2) is 5.40. The molecule has 0 spiro atoms. The van der Waals surface area contributed by atoms with Crippen LogP contribution in [-0.4, -0.2) is 15.4 Å². The first-order chi connectivity index (χ1) is 9.04. The lowest BCUT2D eigenvalue weighted by Gasteiger charge is -2.13. The number of anilines is 2. The van der Waals surface area contributed by atoms with Crippen molar-refractivity contribution >= 4 is 28.2 Å². The molecule has 0 unspecified atom stereocenters. The molecule has 1 aromatic heterocycles. The Kier molecular flexibility index (Phi) is 3.85. The third-order valence-electron chi connectivity index (χ3n) is 3.06. The average Bonchev–Trinajstić information content (AvgIpc) is 2.73. The molecular formula is C14H16N2O2S. The lowest BCUT2D eigenvalue weighted by atomic mass is 10.1. The van der Waals surface area contributed by atoms with Crippen molar-refractivity contribution < 1.29 is 9.90 Å². The molecule has 0 fully saturated rings. The quantitative estimate of drug-likeness (QED) is 0.892. The molecule has 2 aromatic rings. The third-order valence-corrected chi connectivity index (χ3v) is 3.91. The molecule has 0 bridgehead atoms. The summed E-state index contributed by atoms with van der Waals surface area (Å²) in [5, 5.41) is 13.1. The van der Waals surface area contributed by atoms with Gasteiger partial charge in [0.05, 0.1) is 5.69 Å². The summed E-state index contributed by atoms with van der Waals surface area (Å²) in [5.74, 6) is -0.944. The minimum atomic E-state index is -0.944. The van der Waals surface area contributed by atoms with E-state index in [0.29, 0.717) is 10.7 Å². The molecule has 2 N–H and O–H groups in total. The van der Waals surface area contributed by atoms with E-state index in [0.717, 1.165) is 17.7 Å². The van der Waals surface area contributed by atoms with Gasteiger partial charge in [-0.15, -0.1) is 0 Å². The average molecular weight is 276 g/mol. The van der Waals surface area contributed by atoms with Gasteiger partial charge in [-0.05, 0) is 42.9 Å². The Bertz CT molecular complexity index is 620. The van der Waals surface area contributed by atoms with Crippen molar-refractivity contribution in [2.45, 2.75) is 27.2 Å². The minimum Gasteiger partial charge on any atom is -0.478 e. The highest BCUT2D eigenvalue weighted by Gasteiger charge is 2.18. The topological polar surface area (TPSA) is 62.2 Å². The summed E-state index contributed by atoms with van der Waals surface area (Å²) in [6, 6.07) is 6.06. The van der Waals surface area contributed by atoms with Gasteiger partial charge in [0.25, 0.3) is 0 Å². The highest BCUT2D eigenvalue weighted by molar-refractivity contribution is 7.10. The van der Waals surface area contributed by atoms with E-state index in [1.165, 1.54) is 17.1 Å². The van der Waals surface area contributed by atoms with E-state index in [1.54, 1.807) is 6.92 Å². The van der Waals surface area contributed by atoms with Gasteiger partial charge in [-0.3, -0.25) is 0 Å². The van der Waals surface area contributed by atoms with Gasteiger partial charge in [-0.2, -0.15) is 4.37 Å². The molecule has 0 saturated carbocycles. The summed E-state index contributed by atoms with van der Waals surface area (Å²) >= 11 is 1.19. The van der Waals surface area contributed by atoms with E-state index in [4.69, 9.17) is 0 Å². The lowest BCUT2D eigenvalue weighted by Crippen LogP contribution is -2.03. The Hall–Kier alpha value is -1.88. The Balaban J connectivity index is 2.45. The van der Waals surface area contributed by atoms with Gasteiger partial charge in [0.2, 0.25) is 0 Å². The highest BCUT2D eigenvalue weighted by Crippen LogP contribution is 2.31. The van der Waals surface area contributed by atoms with Gasteiger partial charge in [0.1, 0.15) is 10.6 Å². The first kappa shape index (κ1) is 13.5. The van der Waals surface area contributed by atoms with Crippen LogP contribution in [0.2, 0.25) is 0 Å². The van der Waals surface area contributed by atoms with Crippen LogP contribution in [0.4, 0.5) is 10.7 Å². The SMILES string of the molecule is CCc1cccc(C)c1Nc1snc(C)c1C(=O)O. The van der Waals surface area contributed by atoms with Crippen LogP contribution in [0.3, 0.4) is 0 Å². The molecule has 0 aliphatic carbocycles. The fourth-order valence-electron chi connectivity index (χ4n) is 2.02. The monoisotopic (exact) mass is 276 g/mol. The number of nitrogens with zero attached hydrogens (tertiary/aromatic N) is 1. The second-order valence-corrected chi connectivity index (χ2v) is 5.14. The number of aromatic nitrogens is 1. The molecule has 2 rings (SSSR count). The zero-order valence-electron chi connectivity index (χ0n) is 11.2. The number of carboxylic acid groups (broad SMARTS) is 1. The highest BCUT2D eigenvalue weighted by atomic mass is 32.1. The van der Waals surface area contributed by atoms with Crippen molar-refractivity contribution in [2.24, 2.45) is 0 Å². The number of carboxylic acids is 1. The summed E-state index contributed by atoms with van der Waals surface area (Å²) in [6.07, 6.45) is 0.893. The summed E-state index contributed by atoms with van der Waals surface area (Å²) < 4.78 is 4.12. The van der Waals surface area contributed by atoms with Gasteiger partial charge < -0.3 is 10.4 Å². The number of hydrogen-bond acceptors (Lipinski definition) is 4. The molecular weight excluding hydrogens is 260 g/mol. The summed E-state index contributed by atoms with van der Waals surface area (Å²) in [6.45, 7) is 5.80. The number of carbonyl (C=O) groups is 1. The third kappa shape index (κ3) is 2.61. The van der Waals surface area contributed by atoms with Gasteiger partial charge in [-0.25, -0.2) is 4.79 Å². The molecule has 5 heteroatoms. The summed E-state index contributed by atoms with van der Waals surface area (Å²) in [5.41, 5.74) is 4.06. The first-order valence-electron chi connectivity index (χ1n) is 6.09. The molecule has 19 heavy (non-hydrogen) atoms. The van der Waals surface area contributed by atoms with E-state index in [1.807, 2.05) is 25.1 Å². The molecule has 100 valence electrons. The maximum atomic E-state index is 11.3. The molecule has 0 saturated heterocycles. The number of aryl methyl sites for hydroxylation is 3. The van der Waals surface area contributed by atoms with Crippen molar-refractivity contribution in [3.05, 3.63) is 40.6 Å². The van der Waals surface area contributed by atoms with Crippen LogP contribution in [0.1, 0.15) is 34.1 Å². The smallest absolute Gasteiger partial charge is 0.340 e. The molecule has 1 heterocycles. The number of nitrogens with one attached hydrogen (secondary N) is 1. The Morgan fingerprint density at radius 1 is 1.42 bits per heavy atom. The van der Waals surface area contributed by atoms with Gasteiger partial charge in [0.15, 0.2) is 0 Å². The van der Waals surface area contributed by atoms with Crippen LogP contribution in [0.25, 0.3) is 0 Å². The van der Waals surface area contributed by atoms with Crippen LogP contribution in [0.15, 0.2) is 18.2 Å². The van der Waals surface area contributed by atoms with E-state index in [9.17, 15) is 9.90 Å². The molecule has 4 nitrogen and oxygen atoms in total. The van der Waals surface area contributed by atoms with Crippen molar-refractivity contribution in [1.29, 1.82) is 0 Å². The molecule has 0 radical (unpaired) electrons. The molecule has 0 atom stereocenters. The number of rotatable bonds is 4. The predicted octanol–water partition coefficient (Wildman–Crippen LogP) is 3.76. The second-order valence-electron chi connectivity index (χ2n) is 4.36. The Labute approximate surface area is 116 Å². The van der Waals surface area contributed by atoms with Crippen LogP contribution < -0.4 is 5.32 Å². The van der Waals surface area contributed by atoms with E-state index >= 15 is 0 Å². The van der Waals surface area contributed by atoms with Crippen molar-refractivity contribution in [3.8, 4) is 0 Å². The zero-order chi connectivity index (χ0) is 14.0. The van der Waals surface area contributed by atoms with E-state index < -0.39 is 5.97 Å². The maximum Gasteiger partial charge on any atom is 0.340 e. The summed E-state index contributed by atoms with van der Waals surface area (Å²) in [7, 11) is 0. The van der Waals surface area contributed by atoms with Crippen LogP contribution >= 0.6 is 11.5 Å². The Morgan fingerprint density at radius 2 is 2.16 bits per heavy atom. The van der Waals surface area contributed by atoms with Crippen LogP contribution in [0, 0.1) is 13.8 Å². The minimum absolute atomic E-state index is 0.260. The lowest BCUT2D eigenvalue weighted by molar-refractivity contribution is 0.0697. The Morgan fingerprint density at radius 3 is 2.79 bits per heavy atom. The molecule has 0 aliphatic rings. The number of aromatic carboxylic acids is 1. The zero-order valence-corrected chi connectivity index (χ0v) is 12.0. The van der Waals surface area contributed by atoms with Gasteiger partial charge in [-0.1, -0.05) is 25.1 Å². The number of hydrogen-bond donors (Lipinski definition) is 2. The first-order valence-corrected chi connectivity index (χ1v) is 6.87. The summed E-state index contributed by atoms with van der Waals surface area (Å²) in [4.78, 5) is 11.3. The van der Waals surface area contributed by atoms with Crippen molar-refractivity contribution in [3.63, 3.8) is 0 Å². The maximum absolute atomic E-state index is 11.3. The number of benzene rings is 1. The van der Waals surface area contributed by atoms with Gasteiger partial charge >= 0.3 is 5.97 Å².